The predicted molar refractivity (Wildman–Crippen MR) is 106 cm³/mol. The molecule has 3 rings (SSSR count). The van der Waals surface area contributed by atoms with Crippen LogP contribution in [0.15, 0.2) is 18.3 Å². The predicted octanol–water partition coefficient (Wildman–Crippen LogP) is 1.49. The molecule has 2 aromatic rings. The number of guanidine groups is 1. The molecule has 1 saturated heterocycles. The Morgan fingerprint density at radius 2 is 2.17 bits per heavy atom. The second-order valence-electron chi connectivity index (χ2n) is 7.55. The number of hydrogen-bond acceptors (Lipinski definition) is 6. The van der Waals surface area contributed by atoms with Gasteiger partial charge in [0.15, 0.2) is 11.8 Å². The van der Waals surface area contributed by atoms with E-state index in [2.05, 4.69) is 25.6 Å². The van der Waals surface area contributed by atoms with Crippen molar-refractivity contribution in [1.82, 2.24) is 30.5 Å². The zero-order chi connectivity index (χ0) is 20.8. The number of tetrazole rings is 1. The molecule has 156 valence electrons. The largest absolute Gasteiger partial charge is 0.481 e. The van der Waals surface area contributed by atoms with Crippen molar-refractivity contribution in [3.63, 3.8) is 0 Å². The highest BCUT2D eigenvalue weighted by molar-refractivity contribution is 5.74. The highest BCUT2D eigenvalue weighted by Crippen LogP contribution is 2.31. The number of aromatic nitrogens is 5. The van der Waals surface area contributed by atoms with Gasteiger partial charge in [-0.15, -0.1) is 10.2 Å². The minimum Gasteiger partial charge on any atom is -0.481 e. The first-order valence-electron chi connectivity index (χ1n) is 9.99. The average Bonchev–Trinajstić information content (AvgIpc) is 3.25. The lowest BCUT2D eigenvalue weighted by Crippen LogP contribution is -2.41. The summed E-state index contributed by atoms with van der Waals surface area (Å²) < 4.78 is 0. The summed E-state index contributed by atoms with van der Waals surface area (Å²) in [5, 5.41) is 31.4. The summed E-state index contributed by atoms with van der Waals surface area (Å²) >= 11 is 0. The smallest absolute Gasteiger partial charge is 0.307 e. The highest BCUT2D eigenvalue weighted by Gasteiger charge is 2.32. The van der Waals surface area contributed by atoms with Crippen LogP contribution >= 0.6 is 0 Å². The van der Waals surface area contributed by atoms with Crippen molar-refractivity contribution < 1.29 is 9.90 Å². The number of rotatable bonds is 8. The van der Waals surface area contributed by atoms with Crippen LogP contribution in [0.25, 0.3) is 0 Å². The summed E-state index contributed by atoms with van der Waals surface area (Å²) in [6.45, 7) is 3.50. The van der Waals surface area contributed by atoms with Gasteiger partial charge < -0.3 is 15.7 Å². The molecule has 0 aromatic carbocycles. The molecule has 1 fully saturated rings. The number of carbonyl (C=O) groups is 1. The number of likely N-dealkylation sites (tertiary alicyclic amines) is 1. The number of piperidine rings is 1. The maximum atomic E-state index is 11.8. The molecule has 2 aromatic heterocycles. The molecule has 2 unspecified atom stereocenters. The lowest BCUT2D eigenvalue weighted by atomic mass is 9.83. The molecule has 10 heteroatoms. The van der Waals surface area contributed by atoms with Crippen LogP contribution in [-0.2, 0) is 11.2 Å². The number of H-pyrrole nitrogens is 1. The van der Waals surface area contributed by atoms with Crippen LogP contribution in [0.1, 0.15) is 61.5 Å². The van der Waals surface area contributed by atoms with Gasteiger partial charge in [-0.1, -0.05) is 24.6 Å². The van der Waals surface area contributed by atoms with E-state index in [1.54, 1.807) is 0 Å². The molecular formula is C19H28N8O2. The van der Waals surface area contributed by atoms with E-state index in [0.717, 1.165) is 43.6 Å². The Morgan fingerprint density at radius 3 is 2.69 bits per heavy atom. The van der Waals surface area contributed by atoms with Crippen molar-refractivity contribution in [2.24, 2.45) is 11.7 Å². The Hall–Kier alpha value is -3.04. The molecule has 5 N–H and O–H groups in total. The minimum absolute atomic E-state index is 0.124. The van der Waals surface area contributed by atoms with E-state index in [1.165, 1.54) is 0 Å². The van der Waals surface area contributed by atoms with Gasteiger partial charge in [0, 0.05) is 36.8 Å². The zero-order valence-electron chi connectivity index (χ0n) is 16.6. The molecule has 0 aliphatic carbocycles. The molecule has 0 bridgehead atoms. The number of aromatic amines is 1. The lowest BCUT2D eigenvalue weighted by Gasteiger charge is -2.31. The Morgan fingerprint density at radius 1 is 1.41 bits per heavy atom. The fourth-order valence-corrected chi connectivity index (χ4v) is 4.02. The first-order chi connectivity index (χ1) is 14.0. The van der Waals surface area contributed by atoms with Crippen molar-refractivity contribution in [2.45, 2.75) is 50.9 Å². The first kappa shape index (κ1) is 20.7. The quantitative estimate of drug-likeness (QED) is 0.383. The number of nitrogens with one attached hydrogen (secondary N) is 2. The van der Waals surface area contributed by atoms with Crippen molar-refractivity contribution >= 4 is 11.9 Å². The fourth-order valence-electron chi connectivity index (χ4n) is 4.02. The average molecular weight is 400 g/mol. The van der Waals surface area contributed by atoms with Crippen LogP contribution in [-0.4, -0.2) is 60.6 Å². The van der Waals surface area contributed by atoms with E-state index >= 15 is 0 Å². The molecule has 0 saturated carbocycles. The van der Waals surface area contributed by atoms with Crippen LogP contribution in [0.4, 0.5) is 0 Å². The van der Waals surface area contributed by atoms with Crippen LogP contribution < -0.4 is 5.73 Å². The number of carboxylic acid groups (broad SMARTS) is 1. The number of nitrogens with two attached hydrogens (primary N) is 1. The minimum atomic E-state index is -0.844. The van der Waals surface area contributed by atoms with Crippen LogP contribution in [0.3, 0.4) is 0 Å². The monoisotopic (exact) mass is 400 g/mol. The van der Waals surface area contributed by atoms with Crippen molar-refractivity contribution in [3.8, 4) is 0 Å². The molecule has 3 heterocycles. The van der Waals surface area contributed by atoms with E-state index in [1.807, 2.05) is 30.2 Å². The van der Waals surface area contributed by atoms with Gasteiger partial charge in [-0.2, -0.15) is 5.21 Å². The molecule has 29 heavy (non-hydrogen) atoms. The normalized spacial score (nSPS) is 17.1. The second-order valence-corrected chi connectivity index (χ2v) is 7.55. The highest BCUT2D eigenvalue weighted by atomic mass is 16.4. The van der Waals surface area contributed by atoms with Gasteiger partial charge in [-0.05, 0) is 37.3 Å². The second kappa shape index (κ2) is 9.44. The maximum absolute atomic E-state index is 11.8. The topological polar surface area (TPSA) is 158 Å². The number of nitrogens with zero attached hydrogens (tertiary/aromatic N) is 5. The fraction of sp³-hybridized carbons (Fsp3) is 0.579. The zero-order valence-corrected chi connectivity index (χ0v) is 16.6. The number of carboxylic acids is 1. The Kier molecular flexibility index (Phi) is 6.73. The third kappa shape index (κ3) is 5.07. The third-order valence-electron chi connectivity index (χ3n) is 5.65. The van der Waals surface area contributed by atoms with Gasteiger partial charge in [0.25, 0.3) is 0 Å². The number of hydrogen-bond donors (Lipinski definition) is 4. The first-order valence-corrected chi connectivity index (χ1v) is 9.99. The molecule has 0 radical (unpaired) electrons. The molecule has 10 nitrogen and oxygen atoms in total. The van der Waals surface area contributed by atoms with E-state index in [0.29, 0.717) is 24.6 Å². The summed E-state index contributed by atoms with van der Waals surface area (Å²) in [5.74, 6) is -0.889. The van der Waals surface area contributed by atoms with E-state index in [-0.39, 0.29) is 11.9 Å². The Labute approximate surface area is 169 Å². The van der Waals surface area contributed by atoms with Crippen LogP contribution in [0.2, 0.25) is 0 Å². The van der Waals surface area contributed by atoms with E-state index < -0.39 is 11.9 Å². The Bertz CT molecular complexity index is 800. The van der Waals surface area contributed by atoms with Gasteiger partial charge >= 0.3 is 5.97 Å². The van der Waals surface area contributed by atoms with Crippen LogP contribution in [0, 0.1) is 11.3 Å². The van der Waals surface area contributed by atoms with Gasteiger partial charge in [0.1, 0.15) is 0 Å². The molecule has 1 aliphatic rings. The van der Waals surface area contributed by atoms with Crippen molar-refractivity contribution in [2.75, 3.05) is 13.1 Å². The Balaban J connectivity index is 1.71. The molecule has 1 aliphatic heterocycles. The summed E-state index contributed by atoms with van der Waals surface area (Å²) in [6, 6.07) is 4.03. The molecule has 2 atom stereocenters. The molecular weight excluding hydrogens is 372 g/mol. The molecule has 0 amide bonds. The summed E-state index contributed by atoms with van der Waals surface area (Å²) in [4.78, 5) is 18.3. The SMILES string of the molecule is CCCC(C(=O)O)C(Cc1ccc(C2CCN(C(=N)N)CC2)nc1)c1nn[nH]n1. The number of pyridine rings is 1. The maximum Gasteiger partial charge on any atom is 0.307 e. The number of aliphatic carboxylic acids is 1. The van der Waals surface area contributed by atoms with Crippen LogP contribution in [0.5, 0.6) is 0 Å². The summed E-state index contributed by atoms with van der Waals surface area (Å²) in [7, 11) is 0. The van der Waals surface area contributed by atoms with Crippen molar-refractivity contribution in [1.29, 1.82) is 5.41 Å². The van der Waals surface area contributed by atoms with E-state index in [9.17, 15) is 9.90 Å². The molecule has 0 spiro atoms. The van der Waals surface area contributed by atoms with Gasteiger partial charge in [0.2, 0.25) is 0 Å². The van der Waals surface area contributed by atoms with Gasteiger partial charge in [0.05, 0.1) is 5.92 Å². The van der Waals surface area contributed by atoms with Gasteiger partial charge in [-0.25, -0.2) is 0 Å². The lowest BCUT2D eigenvalue weighted by molar-refractivity contribution is -0.142. The summed E-state index contributed by atoms with van der Waals surface area (Å²) in [5.41, 5.74) is 7.54. The van der Waals surface area contributed by atoms with Gasteiger partial charge in [-0.3, -0.25) is 15.2 Å². The standard InChI is InChI=1S/C19H28N8O2/c1-2-3-14(18(28)29)15(17-23-25-26-24-17)10-12-4-5-16(22-11-12)13-6-8-27(9-7-13)19(20)21/h4-5,11,13-15H,2-3,6-10H2,1H3,(H3,20,21)(H,28,29)(H,23,24,25,26). The van der Waals surface area contributed by atoms with Crippen molar-refractivity contribution in [3.05, 3.63) is 35.4 Å². The summed E-state index contributed by atoms with van der Waals surface area (Å²) in [6.07, 6.45) is 5.46. The third-order valence-corrected chi connectivity index (χ3v) is 5.65. The van der Waals surface area contributed by atoms with E-state index in [4.69, 9.17) is 11.1 Å².